The summed E-state index contributed by atoms with van der Waals surface area (Å²) >= 11 is 1.09. The maximum absolute atomic E-state index is 12.7. The fourth-order valence-electron chi connectivity index (χ4n) is 5.80. The van der Waals surface area contributed by atoms with Gasteiger partial charge in [-0.15, -0.1) is 0 Å². The average Bonchev–Trinajstić information content (AvgIpc) is 3.73. The van der Waals surface area contributed by atoms with Crippen LogP contribution in [0.4, 0.5) is 5.82 Å². The number of carboxylic acids is 1. The summed E-state index contributed by atoms with van der Waals surface area (Å²) in [6, 6.07) is 0. The van der Waals surface area contributed by atoms with E-state index >= 15 is 0 Å². The fourth-order valence-corrected chi connectivity index (χ4v) is 9.35. The molecule has 0 aliphatic carbocycles. The van der Waals surface area contributed by atoms with Crippen molar-refractivity contribution in [3.05, 3.63) is 12.7 Å². The summed E-state index contributed by atoms with van der Waals surface area (Å²) < 4.78 is 62.2. The van der Waals surface area contributed by atoms with Crippen LogP contribution in [0.3, 0.4) is 0 Å². The number of phosphoric ester groups is 3. The Hall–Kier alpha value is -2.97. The Bertz CT molecular complexity index is 1970. The van der Waals surface area contributed by atoms with Gasteiger partial charge in [-0.2, -0.15) is 4.31 Å². The minimum atomic E-state index is -5.58. The van der Waals surface area contributed by atoms with E-state index in [9.17, 15) is 62.7 Å². The zero-order valence-electron chi connectivity index (χ0n) is 33.8. The number of unbranched alkanes of at least 4 members (excludes halogenated alkanes) is 6. The Kier molecular flexibility index (Phi) is 21.0. The van der Waals surface area contributed by atoms with Gasteiger partial charge in [-0.05, 0) is 12.8 Å². The summed E-state index contributed by atoms with van der Waals surface area (Å²) in [5.41, 5.74) is 4.24. The SMILES string of the molecule is CC(C)(COP(=O)(O)OP(=O)(O)OC[C@H]1O[C@@H](n2cnc3c(N)ncnc32)[C@H](O)[C@@H]1OP(=O)(O)O)[C@@H](O)C(=O)NCCC(=O)NCCSC(=O)CCCCCCCCCC(=O)O. The molecule has 2 unspecified atom stereocenters. The van der Waals surface area contributed by atoms with Crippen molar-refractivity contribution in [2.75, 3.05) is 37.8 Å². The molecule has 0 radical (unpaired) electrons. The molecule has 3 heterocycles. The number of thioether (sulfide) groups is 1. The van der Waals surface area contributed by atoms with E-state index in [4.69, 9.17) is 24.6 Å². The number of ether oxygens (including phenoxy) is 1. The number of nitrogen functional groups attached to an aromatic ring is 1. The maximum Gasteiger partial charge on any atom is 0.481 e. The number of hydrogen-bond donors (Lipinski definition) is 10. The van der Waals surface area contributed by atoms with Gasteiger partial charge in [0.25, 0.3) is 0 Å². The van der Waals surface area contributed by atoms with Crippen molar-refractivity contribution in [2.45, 2.75) is 109 Å². The molecule has 2 aromatic heterocycles. The normalized spacial score (nSPS) is 20.6. The lowest BCUT2D eigenvalue weighted by atomic mass is 9.87. The summed E-state index contributed by atoms with van der Waals surface area (Å²) in [5.74, 6) is -1.93. The third-order valence-corrected chi connectivity index (χ3v) is 13.1. The zero-order valence-corrected chi connectivity index (χ0v) is 37.3. The molecule has 0 saturated carbocycles. The molecule has 1 fully saturated rings. The third-order valence-electron chi connectivity index (χ3n) is 9.04. The van der Waals surface area contributed by atoms with Crippen molar-refractivity contribution in [2.24, 2.45) is 5.41 Å². The molecule has 1 saturated heterocycles. The minimum absolute atomic E-state index is 0.00219. The van der Waals surface area contributed by atoms with Gasteiger partial charge in [0.2, 0.25) is 11.8 Å². The first-order chi connectivity index (χ1) is 28.9. The molecule has 0 spiro atoms. The first-order valence-corrected chi connectivity index (χ1v) is 24.7. The first-order valence-electron chi connectivity index (χ1n) is 19.2. The summed E-state index contributed by atoms with van der Waals surface area (Å²) in [5, 5.41) is 35.1. The molecule has 3 rings (SSSR count). The summed E-state index contributed by atoms with van der Waals surface area (Å²) in [6.45, 7) is 0.445. The number of aromatic nitrogens is 4. The Morgan fingerprint density at radius 2 is 1.55 bits per heavy atom. The van der Waals surface area contributed by atoms with E-state index in [0.29, 0.717) is 18.6 Å². The van der Waals surface area contributed by atoms with Crippen LogP contribution in [0.5, 0.6) is 0 Å². The highest BCUT2D eigenvalue weighted by Crippen LogP contribution is 2.61. The van der Waals surface area contributed by atoms with E-state index in [1.165, 1.54) is 13.8 Å². The molecule has 62 heavy (non-hydrogen) atoms. The summed E-state index contributed by atoms with van der Waals surface area (Å²) in [6.07, 6.45) is -0.323. The second-order valence-electron chi connectivity index (χ2n) is 14.7. The van der Waals surface area contributed by atoms with Gasteiger partial charge in [0.15, 0.2) is 22.8 Å². The van der Waals surface area contributed by atoms with Crippen molar-refractivity contribution in [3.8, 4) is 0 Å². The number of carboxylic acid groups (broad SMARTS) is 1. The van der Waals surface area contributed by atoms with Crippen molar-refractivity contribution < 1.29 is 90.4 Å². The van der Waals surface area contributed by atoms with Crippen LogP contribution >= 0.6 is 35.2 Å². The van der Waals surface area contributed by atoms with Crippen LogP contribution in [-0.2, 0) is 55.5 Å². The van der Waals surface area contributed by atoms with E-state index in [1.807, 2.05) is 0 Å². The number of aliphatic hydroxyl groups is 2. The zero-order chi connectivity index (χ0) is 46.3. The van der Waals surface area contributed by atoms with Gasteiger partial charge < -0.3 is 56.0 Å². The van der Waals surface area contributed by atoms with E-state index in [-0.39, 0.29) is 48.0 Å². The Morgan fingerprint density at radius 3 is 2.19 bits per heavy atom. The molecule has 7 atom stereocenters. The second kappa shape index (κ2) is 24.4. The third kappa shape index (κ3) is 18.3. The van der Waals surface area contributed by atoms with Crippen molar-refractivity contribution in [1.29, 1.82) is 0 Å². The van der Waals surface area contributed by atoms with Gasteiger partial charge >= 0.3 is 29.4 Å². The van der Waals surface area contributed by atoms with Crippen molar-refractivity contribution in [1.82, 2.24) is 30.2 Å². The van der Waals surface area contributed by atoms with Crippen molar-refractivity contribution >= 4 is 75.1 Å². The van der Waals surface area contributed by atoms with Gasteiger partial charge in [0.1, 0.15) is 36.3 Å². The molecular weight excluding hydrogens is 911 g/mol. The van der Waals surface area contributed by atoms with Gasteiger partial charge in [-0.3, -0.25) is 37.3 Å². The number of nitrogens with zero attached hydrogens (tertiary/aromatic N) is 4. The van der Waals surface area contributed by atoms with Crippen LogP contribution < -0.4 is 16.4 Å². The topological polar surface area (TPSA) is 401 Å². The molecule has 11 N–H and O–H groups in total. The highest BCUT2D eigenvalue weighted by atomic mass is 32.2. The maximum atomic E-state index is 12.7. The number of aliphatic hydroxyl groups excluding tert-OH is 2. The molecule has 352 valence electrons. The minimum Gasteiger partial charge on any atom is -0.481 e. The van der Waals surface area contributed by atoms with Crippen LogP contribution in [0.25, 0.3) is 11.2 Å². The van der Waals surface area contributed by atoms with Crippen LogP contribution in [0, 0.1) is 5.41 Å². The second-order valence-corrected chi connectivity index (χ2v) is 20.0. The number of phosphoric acid groups is 3. The van der Waals surface area contributed by atoms with E-state index in [0.717, 1.165) is 67.5 Å². The number of carbonyl (C=O) groups is 4. The number of anilines is 1. The molecule has 2 amide bonds. The number of aliphatic carboxylic acids is 1. The number of nitrogens with two attached hydrogens (primary N) is 1. The lowest BCUT2D eigenvalue weighted by molar-refractivity contribution is -0.137. The molecule has 30 heteroatoms. The number of hydrogen-bond acceptors (Lipinski definition) is 19. The predicted molar refractivity (Wildman–Crippen MR) is 216 cm³/mol. The summed E-state index contributed by atoms with van der Waals surface area (Å²) in [7, 11) is -16.4. The summed E-state index contributed by atoms with van der Waals surface area (Å²) in [4.78, 5) is 98.4. The molecule has 0 bridgehead atoms. The Morgan fingerprint density at radius 1 is 0.919 bits per heavy atom. The lowest BCUT2D eigenvalue weighted by Crippen LogP contribution is -2.46. The number of imidazole rings is 1. The van der Waals surface area contributed by atoms with E-state index in [1.54, 1.807) is 0 Å². The number of carbonyl (C=O) groups excluding carboxylic acids is 3. The van der Waals surface area contributed by atoms with Crippen LogP contribution in [0.15, 0.2) is 12.7 Å². The lowest BCUT2D eigenvalue weighted by Gasteiger charge is -2.30. The molecule has 1 aliphatic heterocycles. The van der Waals surface area contributed by atoms with Gasteiger partial charge in [0, 0.05) is 43.5 Å². The van der Waals surface area contributed by atoms with Crippen LogP contribution in [0.2, 0.25) is 0 Å². The number of nitrogens with one attached hydrogen (secondary N) is 2. The molecular formula is C32H54N7O19P3S. The fraction of sp³-hybridized carbons (Fsp3) is 0.719. The molecule has 26 nitrogen and oxygen atoms in total. The van der Waals surface area contributed by atoms with Crippen LogP contribution in [0.1, 0.15) is 84.3 Å². The highest BCUT2D eigenvalue weighted by molar-refractivity contribution is 8.13. The number of fused-ring (bicyclic) bond motifs is 1. The Labute approximate surface area is 359 Å². The molecule has 0 aromatic carbocycles. The van der Waals surface area contributed by atoms with Crippen molar-refractivity contribution in [3.63, 3.8) is 0 Å². The van der Waals surface area contributed by atoms with Gasteiger partial charge in [-0.1, -0.05) is 57.7 Å². The number of amides is 2. The largest absolute Gasteiger partial charge is 0.481 e. The van der Waals surface area contributed by atoms with E-state index in [2.05, 4.69) is 34.4 Å². The van der Waals surface area contributed by atoms with Gasteiger partial charge in [-0.25, -0.2) is 28.6 Å². The standard InChI is InChI=1S/C32H54N7O19P3S/c1-32(2,27(45)30(46)35-13-12-21(40)34-14-15-62-23(43)11-9-7-5-3-4-6-8-10-22(41)42)17-55-61(52,53)58-60(50,51)54-16-20-26(57-59(47,48)49)25(44)31(56-20)39-19-38-24-28(33)36-18-37-29(24)39/h18-20,25-27,31,44-45H,3-17H2,1-2H3,(H,34,40)(H,35,46)(H,41,42)(H,50,51)(H,52,53)(H2,33,36,37)(H2,47,48,49)/t20-,25-,26-,27+,31-/m1/s1. The monoisotopic (exact) mass is 965 g/mol. The average molecular weight is 966 g/mol. The highest BCUT2D eigenvalue weighted by Gasteiger charge is 2.50. The Balaban J connectivity index is 1.37. The molecule has 1 aliphatic rings. The van der Waals surface area contributed by atoms with E-state index < -0.39 is 90.5 Å². The number of rotatable bonds is 29. The predicted octanol–water partition coefficient (Wildman–Crippen LogP) is 1.26. The molecule has 2 aromatic rings. The first kappa shape index (κ1) is 53.4. The van der Waals surface area contributed by atoms with Gasteiger partial charge in [0.05, 0.1) is 19.5 Å². The van der Waals surface area contributed by atoms with Crippen LogP contribution in [-0.4, -0.2) is 134 Å². The quantitative estimate of drug-likeness (QED) is 0.0405. The smallest absolute Gasteiger partial charge is 0.481 e.